The molecule has 1 aliphatic heterocycles. The van der Waals surface area contributed by atoms with Crippen LogP contribution in [0.2, 0.25) is 5.02 Å². The average Bonchev–Trinajstić information content (AvgIpc) is 2.49. The highest BCUT2D eigenvalue weighted by Gasteiger charge is 2.19. The van der Waals surface area contributed by atoms with Crippen LogP contribution >= 0.6 is 11.6 Å². The van der Waals surface area contributed by atoms with Gasteiger partial charge in [-0.1, -0.05) is 11.6 Å². The number of nitrogens with two attached hydrogens (primary N) is 1. The molecule has 13 heavy (non-hydrogen) atoms. The van der Waals surface area contributed by atoms with E-state index in [2.05, 4.69) is 0 Å². The van der Waals surface area contributed by atoms with E-state index in [1.54, 1.807) is 0 Å². The van der Waals surface area contributed by atoms with Gasteiger partial charge < -0.3 is 10.5 Å². The van der Waals surface area contributed by atoms with Crippen molar-refractivity contribution in [3.63, 3.8) is 0 Å². The largest absolute Gasteiger partial charge is 0.493 e. The van der Waals surface area contributed by atoms with Crippen molar-refractivity contribution in [2.24, 2.45) is 5.73 Å². The fraction of sp³-hybridized carbons (Fsp3) is 0.400. The first-order chi connectivity index (χ1) is 6.18. The normalized spacial score (nSPS) is 16.5. The van der Waals surface area contributed by atoms with E-state index in [9.17, 15) is 0 Å². The number of ether oxygens (including phenoxy) is 1. The molecule has 0 radical (unpaired) electrons. The van der Waals surface area contributed by atoms with Gasteiger partial charge in [0.15, 0.2) is 0 Å². The fourth-order valence-corrected chi connectivity index (χ4v) is 1.89. The zero-order chi connectivity index (χ0) is 9.42. The third-order valence-electron chi connectivity index (χ3n) is 2.27. The molecular formula is C10H12ClNO. The molecule has 0 saturated carbocycles. The molecule has 0 aromatic heterocycles. The molecule has 0 aliphatic carbocycles. The Morgan fingerprint density at radius 1 is 1.54 bits per heavy atom. The van der Waals surface area contributed by atoms with Crippen molar-refractivity contribution >= 4 is 11.6 Å². The molecule has 1 aromatic rings. The van der Waals surface area contributed by atoms with Crippen LogP contribution in [-0.2, 0) is 6.42 Å². The average molecular weight is 198 g/mol. The van der Waals surface area contributed by atoms with Crippen molar-refractivity contribution in [3.8, 4) is 5.75 Å². The van der Waals surface area contributed by atoms with Crippen LogP contribution in [0.1, 0.15) is 24.1 Å². The Kier molecular flexibility index (Phi) is 2.18. The summed E-state index contributed by atoms with van der Waals surface area (Å²) in [5.41, 5.74) is 8.01. The Hall–Kier alpha value is -0.730. The molecule has 1 heterocycles. The van der Waals surface area contributed by atoms with Crippen LogP contribution in [0, 0.1) is 0 Å². The van der Waals surface area contributed by atoms with Gasteiger partial charge in [0, 0.05) is 23.0 Å². The molecule has 1 atom stereocenters. The molecule has 1 aliphatic rings. The van der Waals surface area contributed by atoms with Gasteiger partial charge in [0.25, 0.3) is 0 Å². The van der Waals surface area contributed by atoms with E-state index in [0.29, 0.717) is 0 Å². The summed E-state index contributed by atoms with van der Waals surface area (Å²) in [6.45, 7) is 2.68. The SMILES string of the molecule is CC(N)c1cc(Cl)cc2c1OCC2. The monoisotopic (exact) mass is 197 g/mol. The lowest BCUT2D eigenvalue weighted by atomic mass is 10.0. The second-order valence-electron chi connectivity index (χ2n) is 3.37. The lowest BCUT2D eigenvalue weighted by Gasteiger charge is -2.11. The van der Waals surface area contributed by atoms with Crippen LogP contribution in [0.15, 0.2) is 12.1 Å². The molecule has 2 nitrogen and oxygen atoms in total. The summed E-state index contributed by atoms with van der Waals surface area (Å²) in [4.78, 5) is 0. The highest BCUT2D eigenvalue weighted by Crippen LogP contribution is 2.35. The van der Waals surface area contributed by atoms with Crippen molar-refractivity contribution in [1.82, 2.24) is 0 Å². The van der Waals surface area contributed by atoms with Gasteiger partial charge in [-0.15, -0.1) is 0 Å². The summed E-state index contributed by atoms with van der Waals surface area (Å²) in [6.07, 6.45) is 0.940. The summed E-state index contributed by atoms with van der Waals surface area (Å²) in [7, 11) is 0. The molecule has 0 amide bonds. The third kappa shape index (κ3) is 1.52. The summed E-state index contributed by atoms with van der Waals surface area (Å²) < 4.78 is 5.51. The molecule has 0 saturated heterocycles. The number of fused-ring (bicyclic) bond motifs is 1. The van der Waals surface area contributed by atoms with Crippen molar-refractivity contribution < 1.29 is 4.74 Å². The first-order valence-electron chi connectivity index (χ1n) is 4.39. The van der Waals surface area contributed by atoms with Crippen LogP contribution in [0.3, 0.4) is 0 Å². The molecule has 0 bridgehead atoms. The molecule has 1 unspecified atom stereocenters. The molecule has 2 N–H and O–H groups in total. The van der Waals surface area contributed by atoms with Gasteiger partial charge in [0.2, 0.25) is 0 Å². The van der Waals surface area contributed by atoms with Crippen molar-refractivity contribution in [1.29, 1.82) is 0 Å². The Morgan fingerprint density at radius 3 is 3.00 bits per heavy atom. The fourth-order valence-electron chi connectivity index (χ4n) is 1.64. The number of rotatable bonds is 1. The van der Waals surface area contributed by atoms with Gasteiger partial charge >= 0.3 is 0 Å². The quantitative estimate of drug-likeness (QED) is 0.750. The van der Waals surface area contributed by atoms with Crippen molar-refractivity contribution in [2.45, 2.75) is 19.4 Å². The van der Waals surface area contributed by atoms with Crippen LogP contribution in [0.5, 0.6) is 5.75 Å². The number of halogens is 1. The molecule has 0 fully saturated rings. The van der Waals surface area contributed by atoms with E-state index >= 15 is 0 Å². The summed E-state index contributed by atoms with van der Waals surface area (Å²) in [5, 5.41) is 0.747. The third-order valence-corrected chi connectivity index (χ3v) is 2.49. The maximum absolute atomic E-state index is 5.96. The standard InChI is InChI=1S/C10H12ClNO/c1-6(12)9-5-8(11)4-7-2-3-13-10(7)9/h4-6H,2-3,12H2,1H3. The van der Waals surface area contributed by atoms with Crippen molar-refractivity contribution in [3.05, 3.63) is 28.3 Å². The first kappa shape index (κ1) is 8.85. The second kappa shape index (κ2) is 3.20. The van der Waals surface area contributed by atoms with Gasteiger partial charge in [-0.2, -0.15) is 0 Å². The molecule has 0 spiro atoms. The van der Waals surface area contributed by atoms with Gasteiger partial charge in [-0.25, -0.2) is 0 Å². The molecule has 70 valence electrons. The highest BCUT2D eigenvalue weighted by molar-refractivity contribution is 6.30. The summed E-state index contributed by atoms with van der Waals surface area (Å²) >= 11 is 5.96. The molecule has 1 aromatic carbocycles. The van der Waals surface area contributed by atoms with E-state index in [4.69, 9.17) is 22.1 Å². The zero-order valence-corrected chi connectivity index (χ0v) is 8.27. The predicted molar refractivity (Wildman–Crippen MR) is 53.3 cm³/mol. The van der Waals surface area contributed by atoms with Crippen LogP contribution in [0.25, 0.3) is 0 Å². The van der Waals surface area contributed by atoms with Crippen LogP contribution in [-0.4, -0.2) is 6.61 Å². The predicted octanol–water partition coefficient (Wildman–Crippen LogP) is 2.29. The Balaban J connectivity index is 2.55. The zero-order valence-electron chi connectivity index (χ0n) is 7.51. The maximum atomic E-state index is 5.96. The second-order valence-corrected chi connectivity index (χ2v) is 3.81. The lowest BCUT2D eigenvalue weighted by Crippen LogP contribution is -2.06. The summed E-state index contributed by atoms with van der Waals surface area (Å²) in [6, 6.07) is 3.82. The minimum Gasteiger partial charge on any atom is -0.493 e. The highest BCUT2D eigenvalue weighted by atomic mass is 35.5. The van der Waals surface area contributed by atoms with Gasteiger partial charge in [-0.05, 0) is 24.6 Å². The minimum atomic E-state index is -0.0226. The van der Waals surface area contributed by atoms with E-state index in [1.807, 2.05) is 19.1 Å². The smallest absolute Gasteiger partial charge is 0.127 e. The number of hydrogen-bond acceptors (Lipinski definition) is 2. The Bertz CT molecular complexity index is 336. The maximum Gasteiger partial charge on any atom is 0.127 e. The molecule has 2 rings (SSSR count). The van der Waals surface area contributed by atoms with E-state index < -0.39 is 0 Å². The number of benzene rings is 1. The summed E-state index contributed by atoms with van der Waals surface area (Å²) in [5.74, 6) is 0.944. The topological polar surface area (TPSA) is 35.2 Å². The van der Waals surface area contributed by atoms with Crippen molar-refractivity contribution in [2.75, 3.05) is 6.61 Å². The molecule has 3 heteroatoms. The van der Waals surface area contributed by atoms with E-state index in [0.717, 1.165) is 29.4 Å². The minimum absolute atomic E-state index is 0.0226. The lowest BCUT2D eigenvalue weighted by molar-refractivity contribution is 0.352. The van der Waals surface area contributed by atoms with Crippen LogP contribution < -0.4 is 10.5 Å². The van der Waals surface area contributed by atoms with E-state index in [1.165, 1.54) is 5.56 Å². The molecular weight excluding hydrogens is 186 g/mol. The first-order valence-corrected chi connectivity index (χ1v) is 4.77. The van der Waals surface area contributed by atoms with E-state index in [-0.39, 0.29) is 6.04 Å². The van der Waals surface area contributed by atoms with Gasteiger partial charge in [0.05, 0.1) is 6.61 Å². The Labute approximate surface area is 82.6 Å². The van der Waals surface area contributed by atoms with Gasteiger partial charge in [0.1, 0.15) is 5.75 Å². The van der Waals surface area contributed by atoms with Crippen LogP contribution in [0.4, 0.5) is 0 Å². The Morgan fingerprint density at radius 2 is 2.31 bits per heavy atom. The van der Waals surface area contributed by atoms with Gasteiger partial charge in [-0.3, -0.25) is 0 Å². The number of hydrogen-bond donors (Lipinski definition) is 1.